The molecule has 1 heterocycles. The minimum absolute atomic E-state index is 0.0346. The van der Waals surface area contributed by atoms with Crippen molar-refractivity contribution in [2.24, 2.45) is 0 Å². The summed E-state index contributed by atoms with van der Waals surface area (Å²) in [6.07, 6.45) is 3.82. The van der Waals surface area contributed by atoms with Crippen molar-refractivity contribution in [3.05, 3.63) is 28.2 Å². The number of halogens is 1. The molecule has 1 aliphatic rings. The van der Waals surface area contributed by atoms with Crippen LogP contribution in [0.5, 0.6) is 0 Å². The van der Waals surface area contributed by atoms with Gasteiger partial charge in [0.05, 0.1) is 12.5 Å². The van der Waals surface area contributed by atoms with Crippen LogP contribution < -0.4 is 5.32 Å². The highest BCUT2D eigenvalue weighted by Gasteiger charge is 2.17. The molecule has 1 fully saturated rings. The summed E-state index contributed by atoms with van der Waals surface area (Å²) < 4.78 is 6.59. The van der Waals surface area contributed by atoms with Crippen molar-refractivity contribution in [2.45, 2.75) is 38.7 Å². The first-order chi connectivity index (χ1) is 8.65. The molecule has 1 N–H and O–H groups in total. The Bertz CT molecular complexity index is 428. The van der Waals surface area contributed by atoms with Crippen molar-refractivity contribution in [2.75, 3.05) is 11.9 Å². The van der Waals surface area contributed by atoms with E-state index in [1.165, 1.54) is 0 Å². The van der Waals surface area contributed by atoms with E-state index in [1.54, 1.807) is 0 Å². The molecular formula is C14H18BrNO2. The predicted molar refractivity (Wildman–Crippen MR) is 75.7 cm³/mol. The maximum atomic E-state index is 11.9. The first-order valence-corrected chi connectivity index (χ1v) is 7.12. The predicted octanol–water partition coefficient (Wildman–Crippen LogP) is 3.66. The van der Waals surface area contributed by atoms with Gasteiger partial charge >= 0.3 is 0 Å². The van der Waals surface area contributed by atoms with Crippen LogP contribution in [0.3, 0.4) is 0 Å². The SMILES string of the molecule is Cc1cc(Br)ccc1NC(=O)CC1CCCCO1. The van der Waals surface area contributed by atoms with E-state index < -0.39 is 0 Å². The Morgan fingerprint density at radius 1 is 1.50 bits per heavy atom. The second-order valence-corrected chi connectivity index (χ2v) is 5.62. The number of benzene rings is 1. The van der Waals surface area contributed by atoms with Gasteiger partial charge in [-0.3, -0.25) is 4.79 Å². The molecule has 1 saturated heterocycles. The number of carbonyl (C=O) groups is 1. The molecule has 0 saturated carbocycles. The van der Waals surface area contributed by atoms with Crippen molar-refractivity contribution in [3.8, 4) is 0 Å². The van der Waals surface area contributed by atoms with Gasteiger partial charge in [-0.2, -0.15) is 0 Å². The van der Waals surface area contributed by atoms with E-state index in [2.05, 4.69) is 21.2 Å². The van der Waals surface area contributed by atoms with Crippen LogP contribution in [0, 0.1) is 6.92 Å². The Balaban J connectivity index is 1.90. The maximum absolute atomic E-state index is 11.9. The van der Waals surface area contributed by atoms with Crippen molar-refractivity contribution in [1.29, 1.82) is 0 Å². The number of hydrogen-bond acceptors (Lipinski definition) is 2. The van der Waals surface area contributed by atoms with Crippen molar-refractivity contribution in [1.82, 2.24) is 0 Å². The Kier molecular flexibility index (Phi) is 4.78. The second kappa shape index (κ2) is 6.34. The highest BCUT2D eigenvalue weighted by molar-refractivity contribution is 9.10. The number of hydrogen-bond donors (Lipinski definition) is 1. The number of carbonyl (C=O) groups excluding carboxylic acids is 1. The summed E-state index contributed by atoms with van der Waals surface area (Å²) in [5, 5.41) is 2.94. The van der Waals surface area contributed by atoms with Crippen LogP contribution in [-0.4, -0.2) is 18.6 Å². The number of amides is 1. The van der Waals surface area contributed by atoms with Gasteiger partial charge in [0.25, 0.3) is 0 Å². The fourth-order valence-electron chi connectivity index (χ4n) is 2.14. The number of nitrogens with one attached hydrogen (secondary N) is 1. The standard InChI is InChI=1S/C14H18BrNO2/c1-10-8-11(15)5-6-13(10)16-14(17)9-12-4-2-3-7-18-12/h5-6,8,12H,2-4,7,9H2,1H3,(H,16,17). The fourth-order valence-corrected chi connectivity index (χ4v) is 2.62. The minimum atomic E-state index is 0.0346. The molecule has 1 aliphatic heterocycles. The maximum Gasteiger partial charge on any atom is 0.226 e. The normalized spacial score (nSPS) is 19.6. The highest BCUT2D eigenvalue weighted by atomic mass is 79.9. The van der Waals surface area contributed by atoms with Gasteiger partial charge < -0.3 is 10.1 Å². The van der Waals surface area contributed by atoms with E-state index in [0.29, 0.717) is 6.42 Å². The van der Waals surface area contributed by atoms with Crippen LogP contribution in [0.25, 0.3) is 0 Å². The summed E-state index contributed by atoms with van der Waals surface area (Å²) >= 11 is 3.41. The van der Waals surface area contributed by atoms with Gasteiger partial charge in [-0.15, -0.1) is 0 Å². The zero-order chi connectivity index (χ0) is 13.0. The molecule has 0 aromatic heterocycles. The topological polar surface area (TPSA) is 38.3 Å². The first-order valence-electron chi connectivity index (χ1n) is 6.33. The summed E-state index contributed by atoms with van der Waals surface area (Å²) in [7, 11) is 0. The van der Waals surface area contributed by atoms with E-state index in [1.807, 2.05) is 25.1 Å². The van der Waals surface area contributed by atoms with Gasteiger partial charge in [0.15, 0.2) is 0 Å². The number of rotatable bonds is 3. The molecule has 1 aromatic carbocycles. The molecule has 2 rings (SSSR count). The van der Waals surface area contributed by atoms with Gasteiger partial charge in [-0.1, -0.05) is 15.9 Å². The molecule has 0 radical (unpaired) electrons. The van der Waals surface area contributed by atoms with Gasteiger partial charge in [0, 0.05) is 16.8 Å². The number of aryl methyl sites for hydroxylation is 1. The summed E-state index contributed by atoms with van der Waals surface area (Å²) in [5.41, 5.74) is 1.93. The third kappa shape index (κ3) is 3.82. The third-order valence-corrected chi connectivity index (χ3v) is 3.64. The molecule has 4 heteroatoms. The largest absolute Gasteiger partial charge is 0.378 e. The number of anilines is 1. The molecule has 98 valence electrons. The van der Waals surface area contributed by atoms with E-state index >= 15 is 0 Å². The van der Waals surface area contributed by atoms with Crippen LogP contribution in [0.2, 0.25) is 0 Å². The third-order valence-electron chi connectivity index (χ3n) is 3.15. The molecule has 1 amide bonds. The van der Waals surface area contributed by atoms with Gasteiger partial charge in [0.2, 0.25) is 5.91 Å². The number of ether oxygens (including phenoxy) is 1. The average Bonchev–Trinajstić information content (AvgIpc) is 2.34. The van der Waals surface area contributed by atoms with Crippen molar-refractivity contribution in [3.63, 3.8) is 0 Å². The zero-order valence-electron chi connectivity index (χ0n) is 10.5. The lowest BCUT2D eigenvalue weighted by atomic mass is 10.1. The second-order valence-electron chi connectivity index (χ2n) is 4.70. The molecule has 0 bridgehead atoms. The molecule has 0 aliphatic carbocycles. The molecule has 3 nitrogen and oxygen atoms in total. The van der Waals surface area contributed by atoms with Crippen LogP contribution >= 0.6 is 15.9 Å². The Labute approximate surface area is 116 Å². The molecule has 18 heavy (non-hydrogen) atoms. The zero-order valence-corrected chi connectivity index (χ0v) is 12.1. The van der Waals surface area contributed by atoms with Gasteiger partial charge in [-0.05, 0) is 49.9 Å². The monoisotopic (exact) mass is 311 g/mol. The summed E-state index contributed by atoms with van der Waals surface area (Å²) in [4.78, 5) is 11.9. The van der Waals surface area contributed by atoms with E-state index in [0.717, 1.165) is 41.6 Å². The van der Waals surface area contributed by atoms with Crippen LogP contribution in [0.1, 0.15) is 31.2 Å². The molecule has 0 spiro atoms. The molecule has 1 atom stereocenters. The average molecular weight is 312 g/mol. The molecular weight excluding hydrogens is 294 g/mol. The molecule has 1 aromatic rings. The summed E-state index contributed by atoms with van der Waals surface area (Å²) in [5.74, 6) is 0.0346. The first kappa shape index (κ1) is 13.6. The Morgan fingerprint density at radius 2 is 2.33 bits per heavy atom. The fraction of sp³-hybridized carbons (Fsp3) is 0.500. The quantitative estimate of drug-likeness (QED) is 0.925. The summed E-state index contributed by atoms with van der Waals surface area (Å²) in [6.45, 7) is 2.77. The van der Waals surface area contributed by atoms with Crippen molar-refractivity contribution >= 4 is 27.5 Å². The Morgan fingerprint density at radius 3 is 3.00 bits per heavy atom. The lowest BCUT2D eigenvalue weighted by Gasteiger charge is -2.22. The minimum Gasteiger partial charge on any atom is -0.378 e. The Hall–Kier alpha value is -0.870. The molecule has 1 unspecified atom stereocenters. The van der Waals surface area contributed by atoms with Crippen LogP contribution in [0.4, 0.5) is 5.69 Å². The smallest absolute Gasteiger partial charge is 0.226 e. The van der Waals surface area contributed by atoms with Crippen LogP contribution in [0.15, 0.2) is 22.7 Å². The lowest BCUT2D eigenvalue weighted by molar-refractivity contribution is -0.119. The van der Waals surface area contributed by atoms with Gasteiger partial charge in [-0.25, -0.2) is 0 Å². The van der Waals surface area contributed by atoms with Crippen molar-refractivity contribution < 1.29 is 9.53 Å². The summed E-state index contributed by atoms with van der Waals surface area (Å²) in [6, 6.07) is 5.84. The van der Waals surface area contributed by atoms with Crippen LogP contribution in [-0.2, 0) is 9.53 Å². The lowest BCUT2D eigenvalue weighted by Crippen LogP contribution is -2.25. The van der Waals surface area contributed by atoms with E-state index in [-0.39, 0.29) is 12.0 Å². The van der Waals surface area contributed by atoms with Gasteiger partial charge in [0.1, 0.15) is 0 Å². The highest BCUT2D eigenvalue weighted by Crippen LogP contribution is 2.21. The van der Waals surface area contributed by atoms with E-state index in [9.17, 15) is 4.79 Å². The van der Waals surface area contributed by atoms with E-state index in [4.69, 9.17) is 4.74 Å².